The zero-order valence-corrected chi connectivity index (χ0v) is 18.2. The van der Waals surface area contributed by atoms with Gasteiger partial charge in [-0.05, 0) is 88.9 Å². The normalized spacial score (nSPS) is 27.5. The maximum Gasteiger partial charge on any atom is 0.410 e. The fraction of sp³-hybridized carbons (Fsp3) is 0.708. The lowest BCUT2D eigenvalue weighted by molar-refractivity contribution is -0.0377. The van der Waals surface area contributed by atoms with Gasteiger partial charge < -0.3 is 14.7 Å². The Morgan fingerprint density at radius 3 is 2.59 bits per heavy atom. The molecule has 2 atom stereocenters. The SMILES string of the molecule is CC(C)(C)OC(=O)N1CC[C@H](O)[C@@H](N2CCC3(CCCc4ccccc43)CC2)C1. The molecule has 0 radical (unpaired) electrons. The molecule has 160 valence electrons. The largest absolute Gasteiger partial charge is 0.444 e. The van der Waals surface area contributed by atoms with Crippen LogP contribution in [-0.4, -0.2) is 64.9 Å². The third-order valence-electron chi connectivity index (χ3n) is 7.11. The number of carbonyl (C=O) groups excluding carboxylic acids is 1. The zero-order chi connectivity index (χ0) is 20.6. The monoisotopic (exact) mass is 400 g/mol. The van der Waals surface area contributed by atoms with Gasteiger partial charge in [-0.25, -0.2) is 4.79 Å². The molecule has 0 aromatic heterocycles. The lowest BCUT2D eigenvalue weighted by Crippen LogP contribution is -2.59. The Kier molecular flexibility index (Phi) is 5.64. The van der Waals surface area contributed by atoms with E-state index in [1.165, 1.54) is 24.8 Å². The van der Waals surface area contributed by atoms with Gasteiger partial charge in [-0.15, -0.1) is 0 Å². The van der Waals surface area contributed by atoms with Gasteiger partial charge in [-0.1, -0.05) is 24.3 Å². The number of aryl methyl sites for hydroxylation is 1. The summed E-state index contributed by atoms with van der Waals surface area (Å²) in [4.78, 5) is 16.7. The second kappa shape index (κ2) is 7.92. The lowest BCUT2D eigenvalue weighted by Gasteiger charge is -2.49. The summed E-state index contributed by atoms with van der Waals surface area (Å²) in [5.74, 6) is 0. The van der Waals surface area contributed by atoms with E-state index in [2.05, 4.69) is 29.2 Å². The zero-order valence-electron chi connectivity index (χ0n) is 18.2. The first kappa shape index (κ1) is 20.7. The standard InChI is InChI=1S/C24H36N2O3/c1-23(2,3)29-22(28)26-14-10-21(27)20(17-26)25-15-12-24(13-16-25)11-6-8-18-7-4-5-9-19(18)24/h4-5,7,9,20-21,27H,6,8,10-17H2,1-3H3/t20-,21-/m0/s1. The number of likely N-dealkylation sites (tertiary alicyclic amines) is 2. The molecule has 1 amide bonds. The number of aliphatic hydroxyl groups is 1. The summed E-state index contributed by atoms with van der Waals surface area (Å²) < 4.78 is 5.56. The molecule has 3 aliphatic rings. The van der Waals surface area contributed by atoms with Crippen LogP contribution >= 0.6 is 0 Å². The first-order valence-corrected chi connectivity index (χ1v) is 11.3. The van der Waals surface area contributed by atoms with E-state index in [0.29, 0.717) is 24.9 Å². The molecule has 29 heavy (non-hydrogen) atoms. The molecular formula is C24H36N2O3. The number of benzene rings is 1. The van der Waals surface area contributed by atoms with Crippen molar-refractivity contribution in [2.75, 3.05) is 26.2 Å². The van der Waals surface area contributed by atoms with Crippen LogP contribution in [0.15, 0.2) is 24.3 Å². The molecular weight excluding hydrogens is 364 g/mol. The van der Waals surface area contributed by atoms with Crippen LogP contribution < -0.4 is 0 Å². The van der Waals surface area contributed by atoms with E-state index in [0.717, 1.165) is 25.9 Å². The maximum absolute atomic E-state index is 12.5. The second-order valence-electron chi connectivity index (χ2n) is 10.2. The third kappa shape index (κ3) is 4.31. The molecule has 1 aromatic carbocycles. The molecule has 1 aromatic rings. The van der Waals surface area contributed by atoms with Crippen molar-refractivity contribution in [1.82, 2.24) is 9.80 Å². The van der Waals surface area contributed by atoms with Gasteiger partial charge in [0.05, 0.1) is 12.1 Å². The molecule has 2 heterocycles. The lowest BCUT2D eigenvalue weighted by atomic mass is 9.64. The minimum absolute atomic E-state index is 0.00690. The molecule has 1 N–H and O–H groups in total. The Balaban J connectivity index is 1.42. The molecule has 2 fully saturated rings. The summed E-state index contributed by atoms with van der Waals surface area (Å²) >= 11 is 0. The van der Waals surface area contributed by atoms with Crippen LogP contribution in [0, 0.1) is 0 Å². The van der Waals surface area contributed by atoms with Crippen LogP contribution in [-0.2, 0) is 16.6 Å². The molecule has 4 rings (SSSR count). The van der Waals surface area contributed by atoms with Crippen molar-refractivity contribution < 1.29 is 14.6 Å². The minimum Gasteiger partial charge on any atom is -0.444 e. The quantitative estimate of drug-likeness (QED) is 0.781. The number of amides is 1. The number of hydrogen-bond donors (Lipinski definition) is 1. The Bertz CT molecular complexity index is 734. The van der Waals surface area contributed by atoms with Gasteiger partial charge in [0.1, 0.15) is 5.60 Å². The fourth-order valence-corrected chi connectivity index (χ4v) is 5.58. The predicted molar refractivity (Wildman–Crippen MR) is 114 cm³/mol. The molecule has 1 aliphatic carbocycles. The summed E-state index contributed by atoms with van der Waals surface area (Å²) in [7, 11) is 0. The average Bonchev–Trinajstić information content (AvgIpc) is 2.68. The second-order valence-corrected chi connectivity index (χ2v) is 10.2. The smallest absolute Gasteiger partial charge is 0.410 e. The maximum atomic E-state index is 12.5. The Labute approximate surface area is 175 Å². The highest BCUT2D eigenvalue weighted by atomic mass is 16.6. The van der Waals surface area contributed by atoms with E-state index in [-0.39, 0.29) is 18.2 Å². The summed E-state index contributed by atoms with van der Waals surface area (Å²) in [6.45, 7) is 8.78. The van der Waals surface area contributed by atoms with Crippen molar-refractivity contribution >= 4 is 6.09 Å². The molecule has 0 bridgehead atoms. The molecule has 0 saturated carbocycles. The van der Waals surface area contributed by atoms with E-state index < -0.39 is 5.60 Å². The van der Waals surface area contributed by atoms with Crippen molar-refractivity contribution in [3.8, 4) is 0 Å². The summed E-state index contributed by atoms with van der Waals surface area (Å²) in [5.41, 5.74) is 2.90. The molecule has 2 saturated heterocycles. The number of hydrogen-bond acceptors (Lipinski definition) is 4. The number of aliphatic hydroxyl groups excluding tert-OH is 1. The fourth-order valence-electron chi connectivity index (χ4n) is 5.58. The highest BCUT2D eigenvalue weighted by Crippen LogP contribution is 2.45. The topological polar surface area (TPSA) is 53.0 Å². The molecule has 5 nitrogen and oxygen atoms in total. The number of carbonyl (C=O) groups is 1. The van der Waals surface area contributed by atoms with Crippen molar-refractivity contribution in [3.05, 3.63) is 35.4 Å². The van der Waals surface area contributed by atoms with Crippen LogP contribution in [0.2, 0.25) is 0 Å². The predicted octanol–water partition coefficient (Wildman–Crippen LogP) is 3.73. The summed E-state index contributed by atoms with van der Waals surface area (Å²) in [6.07, 6.45) is 6.01. The van der Waals surface area contributed by atoms with Gasteiger partial charge in [-0.2, -0.15) is 0 Å². The van der Waals surface area contributed by atoms with E-state index in [9.17, 15) is 9.90 Å². The Hall–Kier alpha value is -1.59. The minimum atomic E-state index is -0.492. The highest BCUT2D eigenvalue weighted by molar-refractivity contribution is 5.68. The molecule has 2 aliphatic heterocycles. The Morgan fingerprint density at radius 1 is 1.14 bits per heavy atom. The molecule has 0 unspecified atom stereocenters. The van der Waals surface area contributed by atoms with Gasteiger partial charge in [0, 0.05) is 13.1 Å². The van der Waals surface area contributed by atoms with Gasteiger partial charge in [0.15, 0.2) is 0 Å². The number of ether oxygens (including phenoxy) is 1. The highest BCUT2D eigenvalue weighted by Gasteiger charge is 2.43. The van der Waals surface area contributed by atoms with Crippen LogP contribution in [0.5, 0.6) is 0 Å². The van der Waals surface area contributed by atoms with Crippen LogP contribution in [0.25, 0.3) is 0 Å². The summed E-state index contributed by atoms with van der Waals surface area (Å²) in [5, 5.41) is 10.7. The van der Waals surface area contributed by atoms with Crippen molar-refractivity contribution in [2.45, 2.75) is 82.5 Å². The van der Waals surface area contributed by atoms with Gasteiger partial charge in [-0.3, -0.25) is 4.90 Å². The number of fused-ring (bicyclic) bond motifs is 2. The third-order valence-corrected chi connectivity index (χ3v) is 7.11. The van der Waals surface area contributed by atoms with Crippen LogP contribution in [0.4, 0.5) is 4.79 Å². The number of rotatable bonds is 1. The van der Waals surface area contributed by atoms with Crippen molar-refractivity contribution in [1.29, 1.82) is 0 Å². The van der Waals surface area contributed by atoms with Crippen molar-refractivity contribution in [3.63, 3.8) is 0 Å². The Morgan fingerprint density at radius 2 is 1.86 bits per heavy atom. The van der Waals surface area contributed by atoms with Gasteiger partial charge in [0.2, 0.25) is 0 Å². The first-order chi connectivity index (χ1) is 13.8. The number of nitrogens with zero attached hydrogens (tertiary/aromatic N) is 2. The van der Waals surface area contributed by atoms with Crippen LogP contribution in [0.1, 0.15) is 64.0 Å². The van der Waals surface area contributed by atoms with E-state index in [1.54, 1.807) is 10.5 Å². The van der Waals surface area contributed by atoms with E-state index >= 15 is 0 Å². The van der Waals surface area contributed by atoms with E-state index in [1.807, 2.05) is 20.8 Å². The average molecular weight is 401 g/mol. The summed E-state index contributed by atoms with van der Waals surface area (Å²) in [6, 6.07) is 8.99. The number of piperidine rings is 2. The molecule has 5 heteroatoms. The van der Waals surface area contributed by atoms with E-state index in [4.69, 9.17) is 4.74 Å². The molecule has 1 spiro atoms. The van der Waals surface area contributed by atoms with Crippen LogP contribution in [0.3, 0.4) is 0 Å². The van der Waals surface area contributed by atoms with Gasteiger partial charge >= 0.3 is 6.09 Å². The van der Waals surface area contributed by atoms with Crippen molar-refractivity contribution in [2.24, 2.45) is 0 Å². The first-order valence-electron chi connectivity index (χ1n) is 11.3. The van der Waals surface area contributed by atoms with Gasteiger partial charge in [0.25, 0.3) is 0 Å².